The van der Waals surface area contributed by atoms with E-state index in [2.05, 4.69) is 9.82 Å². The highest BCUT2D eigenvalue weighted by molar-refractivity contribution is 7.89. The van der Waals surface area contributed by atoms with E-state index < -0.39 is 10.0 Å². The molecule has 0 amide bonds. The molecule has 0 bridgehead atoms. The number of hydrogen-bond acceptors (Lipinski definition) is 4. The normalized spacial score (nSPS) is 20.4. The Balaban J connectivity index is 1.92. The Morgan fingerprint density at radius 1 is 1.55 bits per heavy atom. The van der Waals surface area contributed by atoms with Gasteiger partial charge in [-0.25, -0.2) is 13.1 Å². The highest BCUT2D eigenvalue weighted by Crippen LogP contribution is 2.17. The molecule has 1 saturated heterocycles. The van der Waals surface area contributed by atoms with Crippen LogP contribution in [0.15, 0.2) is 17.3 Å². The standard InChI is InChI=1S/C13H23N3O3S/c1-11(2)16-13(6-7-14-16)20(17,18)15-8-5-12-4-3-9-19-10-12/h6-7,11-12,15H,3-5,8-10H2,1-2H3. The van der Waals surface area contributed by atoms with Crippen LogP contribution in [-0.4, -0.2) is 38.0 Å². The number of rotatable bonds is 6. The summed E-state index contributed by atoms with van der Waals surface area (Å²) in [4.78, 5) is 0. The van der Waals surface area contributed by atoms with E-state index in [-0.39, 0.29) is 11.1 Å². The zero-order chi connectivity index (χ0) is 14.6. The third kappa shape index (κ3) is 3.80. The van der Waals surface area contributed by atoms with Gasteiger partial charge in [-0.05, 0) is 45.1 Å². The summed E-state index contributed by atoms with van der Waals surface area (Å²) in [7, 11) is -3.48. The Hall–Kier alpha value is -0.920. The molecule has 1 aliphatic heterocycles. The summed E-state index contributed by atoms with van der Waals surface area (Å²) in [5, 5.41) is 4.29. The molecule has 0 saturated carbocycles. The third-order valence-corrected chi connectivity index (χ3v) is 4.96. The van der Waals surface area contributed by atoms with Crippen LogP contribution in [0.2, 0.25) is 0 Å². The molecule has 1 unspecified atom stereocenters. The molecule has 114 valence electrons. The van der Waals surface area contributed by atoms with Crippen molar-refractivity contribution in [1.29, 1.82) is 0 Å². The first-order chi connectivity index (χ1) is 9.50. The highest BCUT2D eigenvalue weighted by atomic mass is 32.2. The van der Waals surface area contributed by atoms with Gasteiger partial charge in [-0.1, -0.05) is 0 Å². The van der Waals surface area contributed by atoms with Crippen LogP contribution in [0.1, 0.15) is 39.2 Å². The number of ether oxygens (including phenoxy) is 1. The highest BCUT2D eigenvalue weighted by Gasteiger charge is 2.21. The second kappa shape index (κ2) is 6.69. The smallest absolute Gasteiger partial charge is 0.257 e. The van der Waals surface area contributed by atoms with Crippen LogP contribution in [0, 0.1) is 5.92 Å². The lowest BCUT2D eigenvalue weighted by Crippen LogP contribution is -2.30. The average molecular weight is 301 g/mol. The number of hydrogen-bond donors (Lipinski definition) is 1. The molecule has 1 atom stereocenters. The molecular formula is C13H23N3O3S. The zero-order valence-electron chi connectivity index (χ0n) is 12.1. The van der Waals surface area contributed by atoms with Gasteiger partial charge in [-0.15, -0.1) is 0 Å². The van der Waals surface area contributed by atoms with Crippen molar-refractivity contribution in [2.45, 2.75) is 44.2 Å². The van der Waals surface area contributed by atoms with Gasteiger partial charge in [-0.2, -0.15) is 5.10 Å². The van der Waals surface area contributed by atoms with Gasteiger partial charge in [0.1, 0.15) is 0 Å². The maximum Gasteiger partial charge on any atom is 0.257 e. The fourth-order valence-electron chi connectivity index (χ4n) is 2.41. The van der Waals surface area contributed by atoms with Crippen LogP contribution < -0.4 is 4.72 Å². The van der Waals surface area contributed by atoms with Gasteiger partial charge in [0.2, 0.25) is 0 Å². The number of sulfonamides is 1. The molecule has 1 fully saturated rings. The minimum atomic E-state index is -3.48. The molecule has 20 heavy (non-hydrogen) atoms. The third-order valence-electron chi connectivity index (χ3n) is 3.50. The topological polar surface area (TPSA) is 73.2 Å². The molecule has 1 N–H and O–H groups in total. The maximum atomic E-state index is 12.3. The van der Waals surface area contributed by atoms with Crippen molar-refractivity contribution in [2.24, 2.45) is 5.92 Å². The van der Waals surface area contributed by atoms with Gasteiger partial charge in [0.05, 0.1) is 6.20 Å². The van der Waals surface area contributed by atoms with Crippen LogP contribution >= 0.6 is 0 Å². The zero-order valence-corrected chi connectivity index (χ0v) is 12.9. The minimum Gasteiger partial charge on any atom is -0.381 e. The summed E-state index contributed by atoms with van der Waals surface area (Å²) in [6, 6.07) is 1.55. The lowest BCUT2D eigenvalue weighted by Gasteiger charge is -2.22. The van der Waals surface area contributed by atoms with Crippen molar-refractivity contribution >= 4 is 10.0 Å². The Morgan fingerprint density at radius 3 is 3.00 bits per heavy atom. The van der Waals surface area contributed by atoms with Gasteiger partial charge < -0.3 is 4.74 Å². The lowest BCUT2D eigenvalue weighted by atomic mass is 9.99. The maximum absolute atomic E-state index is 12.3. The molecular weight excluding hydrogens is 278 g/mol. The summed E-state index contributed by atoms with van der Waals surface area (Å²) < 4.78 is 34.1. The second-order valence-electron chi connectivity index (χ2n) is 5.48. The monoisotopic (exact) mass is 301 g/mol. The van der Waals surface area contributed by atoms with E-state index in [1.807, 2.05) is 13.8 Å². The molecule has 1 aromatic heterocycles. The largest absolute Gasteiger partial charge is 0.381 e. The van der Waals surface area contributed by atoms with Crippen molar-refractivity contribution in [3.05, 3.63) is 12.3 Å². The number of aromatic nitrogens is 2. The number of nitrogens with zero attached hydrogens (tertiary/aromatic N) is 2. The van der Waals surface area contributed by atoms with E-state index in [1.54, 1.807) is 0 Å². The van der Waals surface area contributed by atoms with Crippen LogP contribution in [0.25, 0.3) is 0 Å². The van der Waals surface area contributed by atoms with E-state index in [4.69, 9.17) is 4.74 Å². The van der Waals surface area contributed by atoms with Gasteiger partial charge in [0.25, 0.3) is 10.0 Å². The van der Waals surface area contributed by atoms with Crippen molar-refractivity contribution in [3.63, 3.8) is 0 Å². The Labute approximate surface area is 120 Å². The van der Waals surface area contributed by atoms with Crippen molar-refractivity contribution in [1.82, 2.24) is 14.5 Å². The molecule has 0 radical (unpaired) electrons. The lowest BCUT2D eigenvalue weighted by molar-refractivity contribution is 0.0523. The fourth-order valence-corrected chi connectivity index (χ4v) is 3.69. The van der Waals surface area contributed by atoms with Gasteiger partial charge in [-0.3, -0.25) is 4.68 Å². The number of nitrogens with one attached hydrogen (secondary N) is 1. The van der Waals surface area contributed by atoms with Crippen LogP contribution in [0.3, 0.4) is 0 Å². The first kappa shape index (κ1) is 15.5. The van der Waals surface area contributed by atoms with E-state index in [9.17, 15) is 8.42 Å². The van der Waals surface area contributed by atoms with Gasteiger partial charge in [0.15, 0.2) is 5.03 Å². The molecule has 0 aromatic carbocycles. The molecule has 6 nitrogen and oxygen atoms in total. The molecule has 2 heterocycles. The quantitative estimate of drug-likeness (QED) is 0.865. The summed E-state index contributed by atoms with van der Waals surface area (Å²) in [5.74, 6) is 0.460. The van der Waals surface area contributed by atoms with Crippen molar-refractivity contribution < 1.29 is 13.2 Å². The predicted octanol–water partition coefficient (Wildman–Crippen LogP) is 1.56. The van der Waals surface area contributed by atoms with Crippen LogP contribution in [0.4, 0.5) is 0 Å². The SMILES string of the molecule is CC(C)n1nccc1S(=O)(=O)NCCC1CCCOC1. The molecule has 1 aromatic rings. The summed E-state index contributed by atoms with van der Waals surface area (Å²) in [6.45, 7) is 5.83. The van der Waals surface area contributed by atoms with Gasteiger partial charge >= 0.3 is 0 Å². The molecule has 0 spiro atoms. The predicted molar refractivity (Wildman–Crippen MR) is 76.0 cm³/mol. The molecule has 2 rings (SSSR count). The van der Waals surface area contributed by atoms with E-state index >= 15 is 0 Å². The second-order valence-corrected chi connectivity index (χ2v) is 7.19. The molecule has 0 aliphatic carbocycles. The van der Waals surface area contributed by atoms with Crippen molar-refractivity contribution in [3.8, 4) is 0 Å². The van der Waals surface area contributed by atoms with E-state index in [0.29, 0.717) is 12.5 Å². The fraction of sp³-hybridized carbons (Fsp3) is 0.769. The Kier molecular flexibility index (Phi) is 5.17. The first-order valence-corrected chi connectivity index (χ1v) is 8.60. The van der Waals surface area contributed by atoms with Crippen LogP contribution in [0.5, 0.6) is 0 Å². The Morgan fingerprint density at radius 2 is 2.35 bits per heavy atom. The first-order valence-electron chi connectivity index (χ1n) is 7.11. The average Bonchev–Trinajstić information content (AvgIpc) is 2.90. The van der Waals surface area contributed by atoms with Crippen LogP contribution in [-0.2, 0) is 14.8 Å². The molecule has 7 heteroatoms. The van der Waals surface area contributed by atoms with E-state index in [0.717, 1.165) is 32.5 Å². The van der Waals surface area contributed by atoms with E-state index in [1.165, 1.54) is 16.9 Å². The molecule has 1 aliphatic rings. The summed E-state index contributed by atoms with van der Waals surface area (Å²) >= 11 is 0. The van der Waals surface area contributed by atoms with Gasteiger partial charge in [0, 0.05) is 25.8 Å². The Bertz CT molecular complexity index is 519. The summed E-state index contributed by atoms with van der Waals surface area (Å²) in [5.41, 5.74) is 0. The van der Waals surface area contributed by atoms with Crippen molar-refractivity contribution in [2.75, 3.05) is 19.8 Å². The summed E-state index contributed by atoms with van der Waals surface area (Å²) in [6.07, 6.45) is 4.52. The minimum absolute atomic E-state index is 0.0170.